The average molecular weight is 574 g/mol. The minimum Gasteiger partial charge on any atom is -0.493 e. The van der Waals surface area contributed by atoms with E-state index in [0.717, 1.165) is 23.8 Å². The molecule has 0 spiro atoms. The summed E-state index contributed by atoms with van der Waals surface area (Å²) >= 11 is 0. The Morgan fingerprint density at radius 2 is 1.88 bits per heavy atom. The van der Waals surface area contributed by atoms with Crippen molar-refractivity contribution in [1.82, 2.24) is 14.8 Å². The number of fused-ring (bicyclic) bond motifs is 2. The Hall–Kier alpha value is -3.61. The lowest BCUT2D eigenvalue weighted by atomic mass is 9.98. The second-order valence-corrected chi connectivity index (χ2v) is 12.3. The zero-order valence-corrected chi connectivity index (χ0v) is 24.6. The molecule has 1 aromatic heterocycles. The van der Waals surface area contributed by atoms with Crippen LogP contribution in [0.15, 0.2) is 30.3 Å². The van der Waals surface area contributed by atoms with Gasteiger partial charge in [-0.1, -0.05) is 6.07 Å². The second-order valence-electron chi connectivity index (χ2n) is 10.7. The smallest absolute Gasteiger partial charge is 0.419 e. The highest BCUT2D eigenvalue weighted by Crippen LogP contribution is 2.44. The van der Waals surface area contributed by atoms with Crippen molar-refractivity contribution in [3.63, 3.8) is 0 Å². The maximum absolute atomic E-state index is 13.6. The van der Waals surface area contributed by atoms with Gasteiger partial charge in [-0.3, -0.25) is 9.69 Å². The zero-order chi connectivity index (χ0) is 29.4. The Morgan fingerprint density at radius 1 is 1.15 bits per heavy atom. The number of aromatic nitrogens is 1. The van der Waals surface area contributed by atoms with Crippen LogP contribution >= 0.6 is 0 Å². The van der Waals surface area contributed by atoms with Gasteiger partial charge in [0, 0.05) is 43.3 Å². The molecular formula is C28H35N3O8S. The average Bonchev–Trinajstić information content (AvgIpc) is 3.42. The van der Waals surface area contributed by atoms with E-state index in [1.165, 1.54) is 17.7 Å². The van der Waals surface area contributed by atoms with E-state index in [4.69, 9.17) is 18.4 Å². The number of rotatable bonds is 9. The Labute approximate surface area is 234 Å². The lowest BCUT2D eigenvalue weighted by Crippen LogP contribution is -2.27. The zero-order valence-electron chi connectivity index (χ0n) is 23.8. The first-order valence-electron chi connectivity index (χ1n) is 12.7. The van der Waals surface area contributed by atoms with Gasteiger partial charge in [-0.25, -0.2) is 9.36 Å². The van der Waals surface area contributed by atoms with Crippen LogP contribution in [0.1, 0.15) is 42.3 Å². The Kier molecular flexibility index (Phi) is 8.16. The number of benzene rings is 2. The van der Waals surface area contributed by atoms with Crippen molar-refractivity contribution < 1.29 is 36.4 Å². The molecule has 12 heteroatoms. The van der Waals surface area contributed by atoms with Crippen LogP contribution in [-0.4, -0.2) is 76.2 Å². The van der Waals surface area contributed by atoms with E-state index in [0.29, 0.717) is 35.5 Å². The molecule has 3 aromatic rings. The molecule has 1 aliphatic heterocycles. The first kappa shape index (κ1) is 29.4. The van der Waals surface area contributed by atoms with Crippen molar-refractivity contribution in [1.29, 1.82) is 0 Å². The highest BCUT2D eigenvalue weighted by molar-refractivity contribution is 7.86. The van der Waals surface area contributed by atoms with Crippen molar-refractivity contribution in [3.05, 3.63) is 47.0 Å². The molecule has 0 unspecified atom stereocenters. The maximum Gasteiger partial charge on any atom is 0.419 e. The molecule has 0 aliphatic carbocycles. The molecule has 0 saturated carbocycles. The number of likely N-dealkylation sites (N-methyl/N-ethyl adjacent to an activating group) is 1. The number of nitrogens with zero attached hydrogens (tertiary/aromatic N) is 2. The molecule has 11 nitrogen and oxygen atoms in total. The molecule has 216 valence electrons. The summed E-state index contributed by atoms with van der Waals surface area (Å²) in [6.07, 6.45) is 0.298. The summed E-state index contributed by atoms with van der Waals surface area (Å²) in [5, 5.41) is 3.50. The van der Waals surface area contributed by atoms with Gasteiger partial charge in [0.1, 0.15) is 5.60 Å². The summed E-state index contributed by atoms with van der Waals surface area (Å²) in [7, 11) is 1.11. The van der Waals surface area contributed by atoms with Gasteiger partial charge in [0.05, 0.1) is 36.7 Å². The number of amides is 1. The fourth-order valence-electron chi connectivity index (χ4n) is 4.68. The molecule has 1 amide bonds. The van der Waals surface area contributed by atoms with Crippen molar-refractivity contribution in [2.75, 3.05) is 40.7 Å². The van der Waals surface area contributed by atoms with E-state index in [9.17, 15) is 18.0 Å². The second kappa shape index (κ2) is 11.1. The van der Waals surface area contributed by atoms with Gasteiger partial charge in [-0.05, 0) is 57.6 Å². The summed E-state index contributed by atoms with van der Waals surface area (Å²) < 4.78 is 47.1. The minimum atomic E-state index is -3.92. The first-order chi connectivity index (χ1) is 18.7. The summed E-state index contributed by atoms with van der Waals surface area (Å²) in [6.45, 7) is 7.37. The standard InChI is InChI=1S/C28H35N3O8S/c1-28(2,3)38-27(33)31-21-9-8-17(16-30(4)10-11-36-5)12-18(21)13-22(31)19-14-23(37-6)25(39-40(7,34)35)20-15-29-26(32)24(19)20/h8-9,12-14H,10-11,15-16H2,1-7H3,(H,29,32). The lowest BCUT2D eigenvalue weighted by molar-refractivity contribution is 0.0546. The molecule has 2 aromatic carbocycles. The fourth-order valence-corrected chi connectivity index (χ4v) is 5.16. The van der Waals surface area contributed by atoms with Crippen molar-refractivity contribution in [2.45, 2.75) is 39.5 Å². The van der Waals surface area contributed by atoms with Gasteiger partial charge in [0.15, 0.2) is 11.5 Å². The summed E-state index contributed by atoms with van der Waals surface area (Å²) in [4.78, 5) is 28.8. The largest absolute Gasteiger partial charge is 0.493 e. The molecule has 4 rings (SSSR count). The van der Waals surface area contributed by atoms with E-state index in [1.54, 1.807) is 27.9 Å². The summed E-state index contributed by atoms with van der Waals surface area (Å²) in [6, 6.07) is 9.11. The predicted molar refractivity (Wildman–Crippen MR) is 150 cm³/mol. The van der Waals surface area contributed by atoms with Gasteiger partial charge in [-0.15, -0.1) is 0 Å². The van der Waals surface area contributed by atoms with E-state index in [1.807, 2.05) is 31.3 Å². The van der Waals surface area contributed by atoms with Crippen LogP contribution in [0.5, 0.6) is 11.5 Å². The van der Waals surface area contributed by atoms with Crippen LogP contribution in [0.25, 0.3) is 22.2 Å². The Bertz CT molecular complexity index is 1570. The number of carbonyl (C=O) groups is 2. The topological polar surface area (TPSA) is 125 Å². The number of carbonyl (C=O) groups excluding carboxylic acids is 2. The van der Waals surface area contributed by atoms with E-state index in [-0.39, 0.29) is 23.6 Å². The molecule has 0 saturated heterocycles. The predicted octanol–water partition coefficient (Wildman–Crippen LogP) is 3.76. The summed E-state index contributed by atoms with van der Waals surface area (Å²) in [5.74, 6) is -0.381. The van der Waals surface area contributed by atoms with Crippen molar-refractivity contribution >= 4 is 33.0 Å². The molecule has 1 N–H and O–H groups in total. The first-order valence-corrected chi connectivity index (χ1v) is 14.5. The molecule has 0 fully saturated rings. The molecule has 1 aliphatic rings. The van der Waals surface area contributed by atoms with Crippen LogP contribution in [-0.2, 0) is 32.7 Å². The van der Waals surface area contributed by atoms with Crippen LogP contribution in [0.2, 0.25) is 0 Å². The highest BCUT2D eigenvalue weighted by Gasteiger charge is 2.34. The monoisotopic (exact) mass is 573 g/mol. The quantitative estimate of drug-likeness (QED) is 0.381. The van der Waals surface area contributed by atoms with Gasteiger partial charge in [0.25, 0.3) is 5.91 Å². The third-order valence-corrected chi connectivity index (χ3v) is 6.77. The molecule has 0 bridgehead atoms. The highest BCUT2D eigenvalue weighted by atomic mass is 32.2. The van der Waals surface area contributed by atoms with Gasteiger partial charge >= 0.3 is 16.2 Å². The molecule has 0 radical (unpaired) electrons. The number of methoxy groups -OCH3 is 2. The SMILES string of the molecule is COCCN(C)Cc1ccc2c(c1)cc(-c1cc(OC)c(OS(C)(=O)=O)c3c1C(=O)NC3)n2C(=O)OC(C)(C)C. The number of ether oxygens (including phenoxy) is 3. The van der Waals surface area contributed by atoms with Gasteiger partial charge in [0.2, 0.25) is 0 Å². The Balaban J connectivity index is 1.95. The number of hydrogen-bond acceptors (Lipinski definition) is 9. The van der Waals surface area contributed by atoms with Crippen LogP contribution < -0.4 is 14.2 Å². The van der Waals surface area contributed by atoms with Crippen molar-refractivity contribution in [3.8, 4) is 22.8 Å². The van der Waals surface area contributed by atoms with Crippen LogP contribution in [0.3, 0.4) is 0 Å². The van der Waals surface area contributed by atoms with E-state index < -0.39 is 27.7 Å². The number of hydrogen-bond donors (Lipinski definition) is 1. The lowest BCUT2D eigenvalue weighted by Gasteiger charge is -2.22. The molecule has 0 atom stereocenters. The van der Waals surface area contributed by atoms with E-state index in [2.05, 4.69) is 10.2 Å². The van der Waals surface area contributed by atoms with Crippen LogP contribution in [0.4, 0.5) is 4.79 Å². The molecule has 40 heavy (non-hydrogen) atoms. The van der Waals surface area contributed by atoms with E-state index >= 15 is 0 Å². The normalized spacial score (nSPS) is 13.4. The fraction of sp³-hybridized carbons (Fsp3) is 0.429. The maximum atomic E-state index is 13.6. The Morgan fingerprint density at radius 3 is 2.50 bits per heavy atom. The van der Waals surface area contributed by atoms with Crippen LogP contribution in [0, 0.1) is 0 Å². The number of nitrogens with one attached hydrogen (secondary N) is 1. The molecule has 2 heterocycles. The summed E-state index contributed by atoms with van der Waals surface area (Å²) in [5.41, 5.74) is 2.14. The van der Waals surface area contributed by atoms with Gasteiger partial charge in [-0.2, -0.15) is 8.42 Å². The molecular weight excluding hydrogens is 538 g/mol. The third kappa shape index (κ3) is 6.24. The third-order valence-electron chi connectivity index (χ3n) is 6.30. The minimum absolute atomic E-state index is 0.0356. The van der Waals surface area contributed by atoms with Gasteiger partial charge < -0.3 is 23.7 Å². The van der Waals surface area contributed by atoms with Crippen molar-refractivity contribution in [2.24, 2.45) is 0 Å².